The zero-order valence-electron chi connectivity index (χ0n) is 9.81. The lowest BCUT2D eigenvalue weighted by Gasteiger charge is -2.09. The predicted molar refractivity (Wildman–Crippen MR) is 66.1 cm³/mol. The first-order valence-electron chi connectivity index (χ1n) is 5.58. The maximum Gasteiger partial charge on any atom is 0.328 e. The van der Waals surface area contributed by atoms with Gasteiger partial charge in [0.15, 0.2) is 0 Å². The first-order chi connectivity index (χ1) is 7.59. The Bertz CT molecular complexity index is 364. The molecule has 0 heterocycles. The smallest absolute Gasteiger partial charge is 0.328 e. The molecule has 86 valence electrons. The molecule has 0 aliphatic heterocycles. The Labute approximate surface area is 96.6 Å². The topological polar surface area (TPSA) is 37.3 Å². The standard InChI is InChI=1S/C14H18O2/c1-11(2)8-9-13(10-14(15)16)12-6-4-3-5-7-12/h3-7,10-11H,8-9H2,1-2H3,(H,15,16)/b13-10+. The second kappa shape index (κ2) is 6.11. The number of carbonyl (C=O) groups is 1. The van der Waals surface area contributed by atoms with Crippen molar-refractivity contribution < 1.29 is 9.90 Å². The summed E-state index contributed by atoms with van der Waals surface area (Å²) >= 11 is 0. The average molecular weight is 218 g/mol. The molecule has 0 saturated carbocycles. The van der Waals surface area contributed by atoms with Gasteiger partial charge >= 0.3 is 5.97 Å². The summed E-state index contributed by atoms with van der Waals surface area (Å²) in [4.78, 5) is 10.8. The van der Waals surface area contributed by atoms with Crippen LogP contribution in [0.15, 0.2) is 36.4 Å². The molecule has 0 aliphatic rings. The number of benzene rings is 1. The summed E-state index contributed by atoms with van der Waals surface area (Å²) in [5, 5.41) is 8.83. The van der Waals surface area contributed by atoms with Gasteiger partial charge in [-0.05, 0) is 29.9 Å². The molecule has 1 rings (SSSR count). The Hall–Kier alpha value is -1.57. The van der Waals surface area contributed by atoms with Crippen LogP contribution in [0.4, 0.5) is 0 Å². The molecule has 0 saturated heterocycles. The highest BCUT2D eigenvalue weighted by molar-refractivity contribution is 5.89. The van der Waals surface area contributed by atoms with Crippen molar-refractivity contribution in [3.8, 4) is 0 Å². The number of aliphatic carboxylic acids is 1. The van der Waals surface area contributed by atoms with Crippen LogP contribution in [-0.4, -0.2) is 11.1 Å². The van der Waals surface area contributed by atoms with Gasteiger partial charge in [0.25, 0.3) is 0 Å². The SMILES string of the molecule is CC(C)CC/C(=C\C(=O)O)c1ccccc1. The van der Waals surface area contributed by atoms with Gasteiger partial charge in [-0.15, -0.1) is 0 Å². The normalized spacial score (nSPS) is 11.8. The highest BCUT2D eigenvalue weighted by Crippen LogP contribution is 2.21. The summed E-state index contributed by atoms with van der Waals surface area (Å²) in [6.45, 7) is 4.28. The molecular weight excluding hydrogens is 200 g/mol. The van der Waals surface area contributed by atoms with Gasteiger partial charge in [-0.25, -0.2) is 4.79 Å². The van der Waals surface area contributed by atoms with Gasteiger partial charge in [-0.3, -0.25) is 0 Å². The molecule has 1 aromatic carbocycles. The fourth-order valence-electron chi connectivity index (χ4n) is 1.55. The van der Waals surface area contributed by atoms with Gasteiger partial charge in [0.2, 0.25) is 0 Å². The minimum Gasteiger partial charge on any atom is -0.478 e. The third-order valence-electron chi connectivity index (χ3n) is 2.43. The third-order valence-corrected chi connectivity index (χ3v) is 2.43. The second-order valence-electron chi connectivity index (χ2n) is 4.31. The minimum atomic E-state index is -0.873. The van der Waals surface area contributed by atoms with E-state index in [1.807, 2.05) is 30.3 Å². The van der Waals surface area contributed by atoms with Crippen LogP contribution in [0.25, 0.3) is 5.57 Å². The Balaban J connectivity index is 2.84. The van der Waals surface area contributed by atoms with Crippen LogP contribution >= 0.6 is 0 Å². The Morgan fingerprint density at radius 1 is 1.31 bits per heavy atom. The molecule has 0 aliphatic carbocycles. The van der Waals surface area contributed by atoms with Crippen molar-refractivity contribution in [1.29, 1.82) is 0 Å². The molecule has 0 aromatic heterocycles. The van der Waals surface area contributed by atoms with E-state index < -0.39 is 5.97 Å². The van der Waals surface area contributed by atoms with Gasteiger partial charge in [0.05, 0.1) is 0 Å². The number of carboxylic acids is 1. The molecular formula is C14H18O2. The molecule has 2 heteroatoms. The number of hydrogen-bond donors (Lipinski definition) is 1. The number of hydrogen-bond acceptors (Lipinski definition) is 1. The zero-order valence-corrected chi connectivity index (χ0v) is 9.81. The summed E-state index contributed by atoms with van der Waals surface area (Å²) in [6.07, 6.45) is 3.14. The zero-order chi connectivity index (χ0) is 12.0. The first kappa shape index (κ1) is 12.5. The van der Waals surface area contributed by atoms with E-state index in [-0.39, 0.29) is 0 Å². The summed E-state index contributed by atoms with van der Waals surface area (Å²) in [7, 11) is 0. The Morgan fingerprint density at radius 3 is 2.44 bits per heavy atom. The van der Waals surface area contributed by atoms with Gasteiger partial charge in [-0.1, -0.05) is 44.2 Å². The van der Waals surface area contributed by atoms with Crippen molar-refractivity contribution in [3.05, 3.63) is 42.0 Å². The first-order valence-corrected chi connectivity index (χ1v) is 5.58. The van der Waals surface area contributed by atoms with Crippen molar-refractivity contribution >= 4 is 11.5 Å². The fraction of sp³-hybridized carbons (Fsp3) is 0.357. The van der Waals surface area contributed by atoms with Crippen LogP contribution in [0.5, 0.6) is 0 Å². The van der Waals surface area contributed by atoms with Crippen LogP contribution in [-0.2, 0) is 4.79 Å². The van der Waals surface area contributed by atoms with Crippen LogP contribution in [0, 0.1) is 5.92 Å². The molecule has 0 fully saturated rings. The summed E-state index contributed by atoms with van der Waals surface area (Å²) < 4.78 is 0. The molecule has 0 spiro atoms. The van der Waals surface area contributed by atoms with E-state index in [1.54, 1.807) is 0 Å². The van der Waals surface area contributed by atoms with Gasteiger partial charge in [-0.2, -0.15) is 0 Å². The largest absolute Gasteiger partial charge is 0.478 e. The van der Waals surface area contributed by atoms with Gasteiger partial charge in [0, 0.05) is 6.08 Å². The van der Waals surface area contributed by atoms with E-state index in [9.17, 15) is 4.79 Å². The average Bonchev–Trinajstić information content (AvgIpc) is 2.25. The van der Waals surface area contributed by atoms with E-state index in [4.69, 9.17) is 5.11 Å². The van der Waals surface area contributed by atoms with Crippen molar-refractivity contribution in [2.24, 2.45) is 5.92 Å². The van der Waals surface area contributed by atoms with Crippen molar-refractivity contribution in [2.45, 2.75) is 26.7 Å². The molecule has 0 amide bonds. The molecule has 16 heavy (non-hydrogen) atoms. The highest BCUT2D eigenvalue weighted by atomic mass is 16.4. The van der Waals surface area contributed by atoms with Crippen LogP contribution in [0.3, 0.4) is 0 Å². The quantitative estimate of drug-likeness (QED) is 0.767. The van der Waals surface area contributed by atoms with E-state index in [1.165, 1.54) is 6.08 Å². The molecule has 1 aromatic rings. The third kappa shape index (κ3) is 4.30. The van der Waals surface area contributed by atoms with Gasteiger partial charge in [0.1, 0.15) is 0 Å². The predicted octanol–water partition coefficient (Wildman–Crippen LogP) is 3.59. The van der Waals surface area contributed by atoms with Crippen LogP contribution in [0.2, 0.25) is 0 Å². The maximum absolute atomic E-state index is 10.8. The van der Waals surface area contributed by atoms with E-state index >= 15 is 0 Å². The molecule has 0 bridgehead atoms. The Kier molecular flexibility index (Phi) is 4.77. The summed E-state index contributed by atoms with van der Waals surface area (Å²) in [6, 6.07) is 9.70. The van der Waals surface area contributed by atoms with E-state index in [0.717, 1.165) is 24.0 Å². The lowest BCUT2D eigenvalue weighted by Crippen LogP contribution is -1.95. The Morgan fingerprint density at radius 2 is 1.94 bits per heavy atom. The van der Waals surface area contributed by atoms with Crippen LogP contribution in [0.1, 0.15) is 32.3 Å². The van der Waals surface area contributed by atoms with Crippen LogP contribution < -0.4 is 0 Å². The number of carboxylic acid groups (broad SMARTS) is 1. The number of rotatable bonds is 5. The lowest BCUT2D eigenvalue weighted by molar-refractivity contribution is -0.131. The van der Waals surface area contributed by atoms with E-state index in [0.29, 0.717) is 5.92 Å². The van der Waals surface area contributed by atoms with Crippen molar-refractivity contribution in [3.63, 3.8) is 0 Å². The minimum absolute atomic E-state index is 0.584. The number of allylic oxidation sites excluding steroid dienone is 1. The summed E-state index contributed by atoms with van der Waals surface area (Å²) in [5.74, 6) is -0.288. The maximum atomic E-state index is 10.8. The van der Waals surface area contributed by atoms with Gasteiger partial charge < -0.3 is 5.11 Å². The lowest BCUT2D eigenvalue weighted by atomic mass is 9.97. The molecule has 0 unspecified atom stereocenters. The van der Waals surface area contributed by atoms with Crippen molar-refractivity contribution in [1.82, 2.24) is 0 Å². The highest BCUT2D eigenvalue weighted by Gasteiger charge is 2.05. The molecule has 2 nitrogen and oxygen atoms in total. The van der Waals surface area contributed by atoms with Crippen molar-refractivity contribution in [2.75, 3.05) is 0 Å². The van der Waals surface area contributed by atoms with E-state index in [2.05, 4.69) is 13.8 Å². The molecule has 0 atom stereocenters. The molecule has 0 radical (unpaired) electrons. The molecule has 1 N–H and O–H groups in total. The summed E-state index contributed by atoms with van der Waals surface area (Å²) in [5.41, 5.74) is 1.91. The second-order valence-corrected chi connectivity index (χ2v) is 4.31. The monoisotopic (exact) mass is 218 g/mol. The fourth-order valence-corrected chi connectivity index (χ4v) is 1.55.